The van der Waals surface area contributed by atoms with Crippen LogP contribution in [-0.2, 0) is 11.2 Å². The molecule has 2 unspecified atom stereocenters. The molecule has 2 aliphatic heterocycles. The van der Waals surface area contributed by atoms with Crippen LogP contribution >= 0.6 is 0 Å². The Hall–Kier alpha value is -1.69. The van der Waals surface area contributed by atoms with Crippen LogP contribution in [0.2, 0.25) is 0 Å². The van der Waals surface area contributed by atoms with E-state index in [1.165, 1.54) is 24.1 Å². The average Bonchev–Trinajstić information content (AvgIpc) is 3.18. The van der Waals surface area contributed by atoms with Crippen LogP contribution in [0.25, 0.3) is 0 Å². The van der Waals surface area contributed by atoms with Crippen LogP contribution in [-0.4, -0.2) is 57.7 Å². The lowest BCUT2D eigenvalue weighted by molar-refractivity contribution is -0.139. The molecule has 0 radical (unpaired) electrons. The van der Waals surface area contributed by atoms with Crippen molar-refractivity contribution in [3.05, 3.63) is 17.5 Å². The lowest BCUT2D eigenvalue weighted by Crippen LogP contribution is -2.43. The quantitative estimate of drug-likeness (QED) is 0.883. The van der Waals surface area contributed by atoms with Crippen LogP contribution in [0.4, 0.5) is 5.95 Å². The van der Waals surface area contributed by atoms with Gasteiger partial charge < -0.3 is 14.9 Å². The Kier molecular flexibility index (Phi) is 4.15. The van der Waals surface area contributed by atoms with Gasteiger partial charge in [-0.15, -0.1) is 0 Å². The fourth-order valence-electron chi connectivity index (χ4n) is 5.29. The van der Waals surface area contributed by atoms with Gasteiger partial charge in [0, 0.05) is 44.0 Å². The molecular weight excluding hydrogens is 340 g/mol. The van der Waals surface area contributed by atoms with Gasteiger partial charge in [0.2, 0.25) is 11.9 Å². The van der Waals surface area contributed by atoms with Crippen LogP contribution in [0.5, 0.6) is 0 Å². The molecule has 1 saturated carbocycles. The number of rotatable bonds is 3. The molecule has 3 heterocycles. The summed E-state index contributed by atoms with van der Waals surface area (Å²) in [6.07, 6.45) is 8.29. The van der Waals surface area contributed by atoms with Gasteiger partial charge in [-0.2, -0.15) is 0 Å². The predicted molar refractivity (Wildman–Crippen MR) is 103 cm³/mol. The molecule has 2 saturated heterocycles. The van der Waals surface area contributed by atoms with Crippen molar-refractivity contribution in [2.45, 2.75) is 63.4 Å². The number of amides is 1. The minimum absolute atomic E-state index is 0.119. The number of carbonyl (C=O) groups excluding carboxylic acids is 1. The van der Waals surface area contributed by atoms with Gasteiger partial charge in [-0.25, -0.2) is 9.97 Å². The van der Waals surface area contributed by atoms with Crippen molar-refractivity contribution < 1.29 is 9.90 Å². The molecule has 1 N–H and O–H groups in total. The summed E-state index contributed by atoms with van der Waals surface area (Å²) in [5.74, 6) is 2.65. The normalized spacial score (nSPS) is 29.4. The average molecular weight is 370 g/mol. The van der Waals surface area contributed by atoms with Crippen LogP contribution < -0.4 is 4.90 Å². The molecule has 5 rings (SSSR count). The third kappa shape index (κ3) is 3.12. The second-order valence-electron chi connectivity index (χ2n) is 9.37. The SMILES string of the molecule is CC1CCN(c2ncc3c(n2)CC2CN(C(=O)CC4(O)CCC4)CC32)CC1. The summed E-state index contributed by atoms with van der Waals surface area (Å²) in [4.78, 5) is 26.5. The molecule has 6 heteroatoms. The Balaban J connectivity index is 1.26. The summed E-state index contributed by atoms with van der Waals surface area (Å²) >= 11 is 0. The lowest BCUT2D eigenvalue weighted by Gasteiger charge is -2.37. The number of nitrogens with zero attached hydrogens (tertiary/aromatic N) is 4. The molecular formula is C21H30N4O2. The van der Waals surface area contributed by atoms with E-state index >= 15 is 0 Å². The van der Waals surface area contributed by atoms with Crippen molar-refractivity contribution in [2.75, 3.05) is 31.1 Å². The van der Waals surface area contributed by atoms with Crippen LogP contribution in [0.15, 0.2) is 6.20 Å². The smallest absolute Gasteiger partial charge is 0.225 e. The molecule has 0 bridgehead atoms. The van der Waals surface area contributed by atoms with Crippen LogP contribution in [0.1, 0.15) is 62.6 Å². The molecule has 6 nitrogen and oxygen atoms in total. The Morgan fingerprint density at radius 1 is 1.30 bits per heavy atom. The number of fused-ring (bicyclic) bond motifs is 3. The molecule has 1 aromatic rings. The third-order valence-electron chi connectivity index (χ3n) is 7.37. The first-order valence-corrected chi connectivity index (χ1v) is 10.6. The third-order valence-corrected chi connectivity index (χ3v) is 7.37. The van der Waals surface area contributed by atoms with E-state index in [0.717, 1.165) is 63.7 Å². The van der Waals surface area contributed by atoms with Gasteiger partial charge in [0.1, 0.15) is 0 Å². The number of piperidine rings is 1. The predicted octanol–water partition coefficient (Wildman–Crippen LogP) is 2.12. The van der Waals surface area contributed by atoms with Gasteiger partial charge in [-0.1, -0.05) is 6.92 Å². The summed E-state index contributed by atoms with van der Waals surface area (Å²) in [5, 5.41) is 10.3. The van der Waals surface area contributed by atoms with E-state index in [1.807, 2.05) is 11.1 Å². The van der Waals surface area contributed by atoms with Gasteiger partial charge in [-0.3, -0.25) is 4.79 Å². The number of hydrogen-bond donors (Lipinski definition) is 1. The second kappa shape index (κ2) is 6.43. The van der Waals surface area contributed by atoms with E-state index in [9.17, 15) is 9.90 Å². The van der Waals surface area contributed by atoms with E-state index in [0.29, 0.717) is 18.3 Å². The highest BCUT2D eigenvalue weighted by Gasteiger charge is 2.45. The maximum absolute atomic E-state index is 12.6. The Bertz CT molecular complexity index is 740. The molecule has 146 valence electrons. The van der Waals surface area contributed by atoms with Gasteiger partial charge >= 0.3 is 0 Å². The van der Waals surface area contributed by atoms with Gasteiger partial charge in [0.05, 0.1) is 12.0 Å². The number of aliphatic hydroxyl groups is 1. The number of anilines is 1. The van der Waals surface area contributed by atoms with Crippen molar-refractivity contribution in [3.63, 3.8) is 0 Å². The Morgan fingerprint density at radius 3 is 2.78 bits per heavy atom. The standard InChI is InChI=1S/C21H30N4O2/c1-14-3-7-24(8-4-14)20-22-11-16-17-13-25(12-15(17)9-18(16)23-20)19(26)10-21(27)5-2-6-21/h11,14-15,17,27H,2-10,12-13H2,1H3. The second-order valence-corrected chi connectivity index (χ2v) is 9.37. The van der Waals surface area contributed by atoms with E-state index < -0.39 is 5.60 Å². The van der Waals surface area contributed by atoms with E-state index in [-0.39, 0.29) is 5.91 Å². The Morgan fingerprint density at radius 2 is 2.07 bits per heavy atom. The molecule has 3 fully saturated rings. The highest BCUT2D eigenvalue weighted by Crippen LogP contribution is 2.43. The van der Waals surface area contributed by atoms with Crippen molar-refractivity contribution in [1.29, 1.82) is 0 Å². The number of hydrogen-bond acceptors (Lipinski definition) is 5. The highest BCUT2D eigenvalue weighted by molar-refractivity contribution is 5.78. The van der Waals surface area contributed by atoms with Gasteiger partial charge in [-0.05, 0) is 55.9 Å². The van der Waals surface area contributed by atoms with E-state index in [4.69, 9.17) is 4.98 Å². The fraction of sp³-hybridized carbons (Fsp3) is 0.762. The molecule has 2 aliphatic carbocycles. The van der Waals surface area contributed by atoms with E-state index in [1.54, 1.807) is 0 Å². The van der Waals surface area contributed by atoms with Crippen LogP contribution in [0.3, 0.4) is 0 Å². The summed E-state index contributed by atoms with van der Waals surface area (Å²) in [6, 6.07) is 0. The van der Waals surface area contributed by atoms with Crippen molar-refractivity contribution in [2.24, 2.45) is 11.8 Å². The minimum atomic E-state index is -0.726. The largest absolute Gasteiger partial charge is 0.389 e. The first-order chi connectivity index (χ1) is 13.0. The summed E-state index contributed by atoms with van der Waals surface area (Å²) in [7, 11) is 0. The van der Waals surface area contributed by atoms with Crippen molar-refractivity contribution >= 4 is 11.9 Å². The highest BCUT2D eigenvalue weighted by atomic mass is 16.3. The number of likely N-dealkylation sites (tertiary alicyclic amines) is 1. The molecule has 1 amide bonds. The maximum Gasteiger partial charge on any atom is 0.225 e. The maximum atomic E-state index is 12.6. The van der Waals surface area contributed by atoms with Crippen LogP contribution in [0, 0.1) is 11.8 Å². The number of aromatic nitrogens is 2. The monoisotopic (exact) mass is 370 g/mol. The minimum Gasteiger partial charge on any atom is -0.389 e. The van der Waals surface area contributed by atoms with E-state index in [2.05, 4.69) is 16.8 Å². The first-order valence-electron chi connectivity index (χ1n) is 10.6. The fourth-order valence-corrected chi connectivity index (χ4v) is 5.29. The lowest BCUT2D eigenvalue weighted by atomic mass is 9.77. The van der Waals surface area contributed by atoms with Crippen molar-refractivity contribution in [1.82, 2.24) is 14.9 Å². The Labute approximate surface area is 161 Å². The molecule has 27 heavy (non-hydrogen) atoms. The van der Waals surface area contributed by atoms with Gasteiger partial charge in [0.15, 0.2) is 0 Å². The zero-order valence-corrected chi connectivity index (χ0v) is 16.2. The number of carbonyl (C=O) groups is 1. The topological polar surface area (TPSA) is 69.6 Å². The van der Waals surface area contributed by atoms with Gasteiger partial charge in [0.25, 0.3) is 0 Å². The zero-order chi connectivity index (χ0) is 18.6. The molecule has 1 aromatic heterocycles. The summed E-state index contributed by atoms with van der Waals surface area (Å²) < 4.78 is 0. The molecule has 0 spiro atoms. The molecule has 2 atom stereocenters. The zero-order valence-electron chi connectivity index (χ0n) is 16.2. The summed E-state index contributed by atoms with van der Waals surface area (Å²) in [5.41, 5.74) is 1.71. The van der Waals surface area contributed by atoms with Crippen molar-refractivity contribution in [3.8, 4) is 0 Å². The summed E-state index contributed by atoms with van der Waals surface area (Å²) in [6.45, 7) is 5.98. The molecule has 0 aromatic carbocycles. The first kappa shape index (κ1) is 17.4. The molecule has 4 aliphatic rings.